The summed E-state index contributed by atoms with van der Waals surface area (Å²) < 4.78 is 0. The molecule has 0 radical (unpaired) electrons. The van der Waals surface area contributed by atoms with Crippen molar-refractivity contribution in [3.05, 3.63) is 24.3 Å². The van der Waals surface area contributed by atoms with Crippen LogP contribution in [0.5, 0.6) is 0 Å². The molecule has 0 N–H and O–H groups in total. The minimum absolute atomic E-state index is 0.0835. The third-order valence-electron chi connectivity index (χ3n) is 4.20. The Balaban J connectivity index is 4.65. The van der Waals surface area contributed by atoms with Gasteiger partial charge in [0, 0.05) is 56.8 Å². The number of rotatable bonds is 10. The Labute approximate surface area is 164 Å². The van der Waals surface area contributed by atoms with Gasteiger partial charge in [0.25, 0.3) is 0 Å². The van der Waals surface area contributed by atoms with E-state index in [0.29, 0.717) is 50.2 Å². The van der Waals surface area contributed by atoms with Crippen LogP contribution in [0.1, 0.15) is 47.5 Å². The number of hydrogen-bond acceptors (Lipinski definition) is 3. The minimum atomic E-state index is -0.414. The summed E-state index contributed by atoms with van der Waals surface area (Å²) in [4.78, 5) is 41.5. The van der Waals surface area contributed by atoms with E-state index in [0.717, 1.165) is 0 Å². The molecular formula is C21H37N3O3. The maximum atomic E-state index is 12.4. The SMILES string of the molecule is C=C(C)C(=O)N(C)CCCN(CCCN(C)C(=O)C(C)(C)C)C(=O)C(=C)C. The first-order chi connectivity index (χ1) is 12.3. The van der Waals surface area contributed by atoms with Crippen LogP contribution in [0, 0.1) is 5.41 Å². The molecule has 27 heavy (non-hydrogen) atoms. The number of nitrogens with zero attached hydrogens (tertiary/aromatic N) is 3. The predicted molar refractivity (Wildman–Crippen MR) is 110 cm³/mol. The zero-order valence-electron chi connectivity index (χ0n) is 18.2. The van der Waals surface area contributed by atoms with Gasteiger partial charge in [0.15, 0.2) is 0 Å². The zero-order valence-corrected chi connectivity index (χ0v) is 18.2. The Morgan fingerprint density at radius 1 is 0.741 bits per heavy atom. The lowest BCUT2D eigenvalue weighted by Gasteiger charge is -2.28. The first-order valence-corrected chi connectivity index (χ1v) is 9.40. The summed E-state index contributed by atoms with van der Waals surface area (Å²) in [5.41, 5.74) is 0.571. The second-order valence-corrected chi connectivity index (χ2v) is 8.26. The lowest BCUT2D eigenvalue weighted by Crippen LogP contribution is -2.40. The van der Waals surface area contributed by atoms with E-state index in [4.69, 9.17) is 0 Å². The van der Waals surface area contributed by atoms with Gasteiger partial charge in [-0.25, -0.2) is 0 Å². The number of amides is 3. The van der Waals surface area contributed by atoms with Crippen LogP contribution < -0.4 is 0 Å². The van der Waals surface area contributed by atoms with Crippen molar-refractivity contribution in [1.82, 2.24) is 14.7 Å². The molecular weight excluding hydrogens is 342 g/mol. The van der Waals surface area contributed by atoms with Crippen molar-refractivity contribution in [2.75, 3.05) is 40.3 Å². The van der Waals surface area contributed by atoms with Crippen molar-refractivity contribution < 1.29 is 14.4 Å². The summed E-state index contributed by atoms with van der Waals surface area (Å²) in [6.07, 6.45) is 1.36. The van der Waals surface area contributed by atoms with Crippen molar-refractivity contribution in [3.8, 4) is 0 Å². The van der Waals surface area contributed by atoms with Gasteiger partial charge < -0.3 is 14.7 Å². The molecule has 0 atom stereocenters. The topological polar surface area (TPSA) is 60.9 Å². The van der Waals surface area contributed by atoms with Gasteiger partial charge in [0.05, 0.1) is 0 Å². The molecule has 0 fully saturated rings. The standard InChI is InChI=1S/C21H37N3O3/c1-16(2)18(25)22(8)12-10-14-24(19(26)17(3)4)15-11-13-23(9)20(27)21(5,6)7/h1,3,10-15H2,2,4-9H3. The average molecular weight is 380 g/mol. The second kappa shape index (κ2) is 10.9. The largest absolute Gasteiger partial charge is 0.345 e. The van der Waals surface area contributed by atoms with E-state index in [1.54, 1.807) is 42.6 Å². The Morgan fingerprint density at radius 3 is 1.52 bits per heavy atom. The highest BCUT2D eigenvalue weighted by Gasteiger charge is 2.25. The molecule has 0 spiro atoms. The van der Waals surface area contributed by atoms with E-state index < -0.39 is 5.41 Å². The molecule has 0 aliphatic heterocycles. The smallest absolute Gasteiger partial charge is 0.248 e. The predicted octanol–water partition coefficient (Wildman–Crippen LogP) is 2.71. The van der Waals surface area contributed by atoms with Crippen LogP contribution in [0.15, 0.2) is 24.3 Å². The maximum Gasteiger partial charge on any atom is 0.248 e. The molecule has 6 heteroatoms. The summed E-state index contributed by atoms with van der Waals surface area (Å²) in [7, 11) is 3.52. The molecule has 0 aromatic carbocycles. The van der Waals surface area contributed by atoms with Gasteiger partial charge in [-0.2, -0.15) is 0 Å². The first kappa shape index (κ1) is 24.9. The van der Waals surface area contributed by atoms with Crippen molar-refractivity contribution in [2.24, 2.45) is 5.41 Å². The molecule has 0 saturated heterocycles. The van der Waals surface area contributed by atoms with Crippen LogP contribution in [0.4, 0.5) is 0 Å². The number of hydrogen-bond donors (Lipinski definition) is 0. The zero-order chi connectivity index (χ0) is 21.4. The van der Waals surface area contributed by atoms with Crippen molar-refractivity contribution >= 4 is 17.7 Å². The number of carbonyl (C=O) groups is 3. The van der Waals surface area contributed by atoms with Crippen LogP contribution in [0.2, 0.25) is 0 Å². The van der Waals surface area contributed by atoms with Crippen LogP contribution in [-0.2, 0) is 14.4 Å². The summed E-state index contributed by atoms with van der Waals surface area (Å²) in [5, 5.41) is 0. The molecule has 0 rings (SSSR count). The fourth-order valence-corrected chi connectivity index (χ4v) is 2.68. The molecule has 0 heterocycles. The van der Waals surface area contributed by atoms with Gasteiger partial charge in [0.2, 0.25) is 17.7 Å². The molecule has 154 valence electrons. The van der Waals surface area contributed by atoms with Gasteiger partial charge in [-0.3, -0.25) is 14.4 Å². The van der Waals surface area contributed by atoms with E-state index in [1.165, 1.54) is 0 Å². The first-order valence-electron chi connectivity index (χ1n) is 9.40. The monoisotopic (exact) mass is 379 g/mol. The normalized spacial score (nSPS) is 10.9. The fourth-order valence-electron chi connectivity index (χ4n) is 2.68. The molecule has 6 nitrogen and oxygen atoms in total. The van der Waals surface area contributed by atoms with Crippen LogP contribution in [0.3, 0.4) is 0 Å². The third-order valence-corrected chi connectivity index (χ3v) is 4.20. The van der Waals surface area contributed by atoms with Crippen molar-refractivity contribution in [1.29, 1.82) is 0 Å². The van der Waals surface area contributed by atoms with Gasteiger partial charge in [-0.1, -0.05) is 33.9 Å². The molecule has 0 aliphatic carbocycles. The van der Waals surface area contributed by atoms with Crippen molar-refractivity contribution in [3.63, 3.8) is 0 Å². The van der Waals surface area contributed by atoms with Crippen molar-refractivity contribution in [2.45, 2.75) is 47.5 Å². The Kier molecular flexibility index (Phi) is 10.0. The van der Waals surface area contributed by atoms with Gasteiger partial charge in [-0.05, 0) is 26.7 Å². The number of likely N-dealkylation sites (N-methyl/N-ethyl adjacent to an activating group) is 1. The van der Waals surface area contributed by atoms with Gasteiger partial charge >= 0.3 is 0 Å². The highest BCUT2D eigenvalue weighted by Crippen LogP contribution is 2.16. The molecule has 0 aliphatic rings. The molecule has 0 saturated carbocycles. The van der Waals surface area contributed by atoms with Crippen LogP contribution in [-0.4, -0.2) is 72.7 Å². The lowest BCUT2D eigenvalue weighted by molar-refractivity contribution is -0.138. The second-order valence-electron chi connectivity index (χ2n) is 8.26. The van der Waals surface area contributed by atoms with Crippen LogP contribution >= 0.6 is 0 Å². The average Bonchev–Trinajstić information content (AvgIpc) is 2.56. The highest BCUT2D eigenvalue weighted by molar-refractivity contribution is 5.92. The lowest BCUT2D eigenvalue weighted by atomic mass is 9.95. The summed E-state index contributed by atoms with van der Waals surface area (Å²) in [6.45, 7) is 18.7. The van der Waals surface area contributed by atoms with E-state index in [2.05, 4.69) is 13.2 Å². The summed E-state index contributed by atoms with van der Waals surface area (Å²) in [6, 6.07) is 0. The van der Waals surface area contributed by atoms with Gasteiger partial charge in [-0.15, -0.1) is 0 Å². The molecule has 3 amide bonds. The van der Waals surface area contributed by atoms with E-state index in [9.17, 15) is 14.4 Å². The van der Waals surface area contributed by atoms with Crippen LogP contribution in [0.25, 0.3) is 0 Å². The van der Waals surface area contributed by atoms with E-state index in [-0.39, 0.29) is 17.7 Å². The Morgan fingerprint density at radius 2 is 1.15 bits per heavy atom. The quantitative estimate of drug-likeness (QED) is 0.548. The summed E-state index contributed by atoms with van der Waals surface area (Å²) in [5.74, 6) is -0.0935. The fraction of sp³-hybridized carbons (Fsp3) is 0.667. The number of carbonyl (C=O) groups excluding carboxylic acids is 3. The maximum absolute atomic E-state index is 12.4. The van der Waals surface area contributed by atoms with E-state index in [1.807, 2.05) is 20.8 Å². The highest BCUT2D eigenvalue weighted by atomic mass is 16.2. The summed E-state index contributed by atoms with van der Waals surface area (Å²) >= 11 is 0. The Hall–Kier alpha value is -2.11. The third kappa shape index (κ3) is 8.89. The van der Waals surface area contributed by atoms with E-state index >= 15 is 0 Å². The minimum Gasteiger partial charge on any atom is -0.345 e. The molecule has 0 aromatic heterocycles. The van der Waals surface area contributed by atoms with Gasteiger partial charge in [0.1, 0.15) is 0 Å². The Bertz CT molecular complexity index is 576. The molecule has 0 aromatic rings. The molecule has 0 unspecified atom stereocenters. The molecule has 0 bridgehead atoms.